The lowest BCUT2D eigenvalue weighted by molar-refractivity contribution is 0.482. The highest BCUT2D eigenvalue weighted by Gasteiger charge is 2.21. The Morgan fingerprint density at radius 2 is 1.76 bits per heavy atom. The van der Waals surface area contributed by atoms with Crippen molar-refractivity contribution in [3.8, 4) is 0 Å². The number of nitrogens with one attached hydrogen (secondary N) is 2. The van der Waals surface area contributed by atoms with Crippen molar-refractivity contribution in [1.82, 2.24) is 10.0 Å². The van der Waals surface area contributed by atoms with Crippen LogP contribution in [0.3, 0.4) is 0 Å². The van der Waals surface area contributed by atoms with Gasteiger partial charge in [-0.1, -0.05) is 19.9 Å². The third-order valence-electron chi connectivity index (χ3n) is 3.53. The number of rotatable bonds is 7. The van der Waals surface area contributed by atoms with Gasteiger partial charge in [-0.3, -0.25) is 0 Å². The summed E-state index contributed by atoms with van der Waals surface area (Å²) in [6.45, 7) is 10.6. The molecule has 0 saturated carbocycles. The second kappa shape index (κ2) is 7.38. The molecule has 1 unspecified atom stereocenters. The molecule has 120 valence electrons. The van der Waals surface area contributed by atoms with Gasteiger partial charge in [0.25, 0.3) is 0 Å². The van der Waals surface area contributed by atoms with Crippen molar-refractivity contribution in [3.05, 3.63) is 28.8 Å². The van der Waals surface area contributed by atoms with Crippen molar-refractivity contribution < 1.29 is 8.42 Å². The standard InChI is InChI=1S/C16H28N2O2S/c1-11(2)7-13(4)18-21(19,20)16-9-15(10-17-6)8-12(3)14(16)5/h8-9,11,13,17-18H,7,10H2,1-6H3. The highest BCUT2D eigenvalue weighted by atomic mass is 32.2. The molecule has 0 heterocycles. The van der Waals surface area contributed by atoms with Crippen LogP contribution in [-0.4, -0.2) is 21.5 Å². The van der Waals surface area contributed by atoms with Gasteiger partial charge in [-0.15, -0.1) is 0 Å². The van der Waals surface area contributed by atoms with Crippen LogP contribution in [0.15, 0.2) is 17.0 Å². The van der Waals surface area contributed by atoms with E-state index in [1.165, 1.54) is 0 Å². The zero-order valence-electron chi connectivity index (χ0n) is 13.9. The van der Waals surface area contributed by atoms with Crippen molar-refractivity contribution in [2.75, 3.05) is 7.05 Å². The minimum atomic E-state index is -3.48. The van der Waals surface area contributed by atoms with Crippen LogP contribution in [0.1, 0.15) is 43.9 Å². The van der Waals surface area contributed by atoms with Crippen LogP contribution in [0.5, 0.6) is 0 Å². The normalized spacial score (nSPS) is 13.7. The smallest absolute Gasteiger partial charge is 0.241 e. The number of aryl methyl sites for hydroxylation is 1. The summed E-state index contributed by atoms with van der Waals surface area (Å²) in [5, 5.41) is 3.06. The van der Waals surface area contributed by atoms with E-state index in [1.54, 1.807) is 6.07 Å². The van der Waals surface area contributed by atoms with Gasteiger partial charge in [0.15, 0.2) is 0 Å². The fraction of sp³-hybridized carbons (Fsp3) is 0.625. The summed E-state index contributed by atoms with van der Waals surface area (Å²) in [6, 6.07) is 3.73. The Balaban J connectivity index is 3.12. The lowest BCUT2D eigenvalue weighted by Crippen LogP contribution is -2.34. The summed E-state index contributed by atoms with van der Waals surface area (Å²) in [5.74, 6) is 0.459. The van der Waals surface area contributed by atoms with Crippen LogP contribution in [-0.2, 0) is 16.6 Å². The third kappa shape index (κ3) is 5.09. The van der Waals surface area contributed by atoms with Crippen LogP contribution < -0.4 is 10.0 Å². The molecular formula is C16H28N2O2S. The Kier molecular flexibility index (Phi) is 6.38. The van der Waals surface area contributed by atoms with E-state index in [9.17, 15) is 8.42 Å². The minimum Gasteiger partial charge on any atom is -0.316 e. The molecule has 4 nitrogen and oxygen atoms in total. The monoisotopic (exact) mass is 312 g/mol. The molecule has 0 aromatic heterocycles. The predicted octanol–water partition coefficient (Wildman–Crippen LogP) is 2.74. The quantitative estimate of drug-likeness (QED) is 0.814. The maximum atomic E-state index is 12.6. The molecule has 1 aromatic carbocycles. The van der Waals surface area contributed by atoms with Gasteiger partial charge in [0.2, 0.25) is 10.0 Å². The van der Waals surface area contributed by atoms with E-state index in [0.29, 0.717) is 17.4 Å². The maximum absolute atomic E-state index is 12.6. The molecule has 2 N–H and O–H groups in total. The molecule has 5 heteroatoms. The molecule has 0 saturated heterocycles. The lowest BCUT2D eigenvalue weighted by Gasteiger charge is -2.18. The molecule has 0 aliphatic carbocycles. The van der Waals surface area contributed by atoms with E-state index in [-0.39, 0.29) is 6.04 Å². The molecule has 0 amide bonds. The highest BCUT2D eigenvalue weighted by Crippen LogP contribution is 2.22. The summed E-state index contributed by atoms with van der Waals surface area (Å²) in [6.07, 6.45) is 0.827. The van der Waals surface area contributed by atoms with Gasteiger partial charge in [0.05, 0.1) is 4.90 Å². The van der Waals surface area contributed by atoms with Crippen molar-refractivity contribution in [2.45, 2.75) is 58.5 Å². The van der Waals surface area contributed by atoms with Crippen LogP contribution in [0.4, 0.5) is 0 Å². The van der Waals surface area contributed by atoms with Gasteiger partial charge in [-0.2, -0.15) is 0 Å². The van der Waals surface area contributed by atoms with Gasteiger partial charge in [0.1, 0.15) is 0 Å². The number of sulfonamides is 1. The molecule has 1 rings (SSSR count). The largest absolute Gasteiger partial charge is 0.316 e. The molecule has 1 aromatic rings. The molecule has 0 aliphatic rings. The minimum absolute atomic E-state index is 0.0670. The predicted molar refractivity (Wildman–Crippen MR) is 87.9 cm³/mol. The molecule has 1 atom stereocenters. The number of hydrogen-bond acceptors (Lipinski definition) is 3. The summed E-state index contributed by atoms with van der Waals surface area (Å²) >= 11 is 0. The lowest BCUT2D eigenvalue weighted by atomic mass is 10.1. The Morgan fingerprint density at radius 1 is 1.14 bits per heavy atom. The Morgan fingerprint density at radius 3 is 2.29 bits per heavy atom. The highest BCUT2D eigenvalue weighted by molar-refractivity contribution is 7.89. The first-order chi connectivity index (χ1) is 9.67. The van der Waals surface area contributed by atoms with Crippen molar-refractivity contribution in [1.29, 1.82) is 0 Å². The Hall–Kier alpha value is -0.910. The van der Waals surface area contributed by atoms with Crippen molar-refractivity contribution in [3.63, 3.8) is 0 Å². The van der Waals surface area contributed by atoms with Crippen LogP contribution in [0, 0.1) is 19.8 Å². The molecule has 0 radical (unpaired) electrons. The second-order valence-electron chi connectivity index (χ2n) is 6.22. The van der Waals surface area contributed by atoms with Gasteiger partial charge in [0, 0.05) is 12.6 Å². The van der Waals surface area contributed by atoms with Crippen molar-refractivity contribution >= 4 is 10.0 Å². The maximum Gasteiger partial charge on any atom is 0.241 e. The van der Waals surface area contributed by atoms with Gasteiger partial charge < -0.3 is 5.32 Å². The van der Waals surface area contributed by atoms with E-state index in [0.717, 1.165) is 23.1 Å². The average molecular weight is 312 g/mol. The van der Waals surface area contributed by atoms with E-state index in [4.69, 9.17) is 0 Å². The first-order valence-corrected chi connectivity index (χ1v) is 8.92. The van der Waals surface area contributed by atoms with Crippen LogP contribution >= 0.6 is 0 Å². The molecule has 0 fully saturated rings. The topological polar surface area (TPSA) is 58.2 Å². The van der Waals surface area contributed by atoms with Gasteiger partial charge in [-0.25, -0.2) is 13.1 Å². The fourth-order valence-corrected chi connectivity index (χ4v) is 4.19. The third-order valence-corrected chi connectivity index (χ3v) is 5.25. The average Bonchev–Trinajstić information content (AvgIpc) is 2.31. The van der Waals surface area contributed by atoms with E-state index in [2.05, 4.69) is 23.9 Å². The van der Waals surface area contributed by atoms with Gasteiger partial charge in [-0.05, 0) is 62.9 Å². The molecule has 0 aliphatic heterocycles. The molecule has 0 spiro atoms. The van der Waals surface area contributed by atoms with E-state index >= 15 is 0 Å². The fourth-order valence-electron chi connectivity index (χ4n) is 2.57. The van der Waals surface area contributed by atoms with Gasteiger partial charge >= 0.3 is 0 Å². The second-order valence-corrected chi connectivity index (χ2v) is 7.90. The summed E-state index contributed by atoms with van der Waals surface area (Å²) in [4.78, 5) is 0.392. The summed E-state index contributed by atoms with van der Waals surface area (Å²) in [7, 11) is -1.62. The van der Waals surface area contributed by atoms with E-state index < -0.39 is 10.0 Å². The number of benzene rings is 1. The first kappa shape index (κ1) is 18.1. The Bertz CT molecular complexity index is 580. The Labute approximate surface area is 129 Å². The SMILES string of the molecule is CNCc1cc(C)c(C)c(S(=O)(=O)NC(C)CC(C)C)c1. The van der Waals surface area contributed by atoms with Crippen LogP contribution in [0.2, 0.25) is 0 Å². The summed E-state index contributed by atoms with van der Waals surface area (Å²) in [5.41, 5.74) is 2.80. The summed E-state index contributed by atoms with van der Waals surface area (Å²) < 4.78 is 28.0. The molecular weight excluding hydrogens is 284 g/mol. The first-order valence-electron chi connectivity index (χ1n) is 7.44. The molecule has 0 bridgehead atoms. The van der Waals surface area contributed by atoms with Crippen LogP contribution in [0.25, 0.3) is 0 Å². The van der Waals surface area contributed by atoms with E-state index in [1.807, 2.05) is 33.9 Å². The molecule has 21 heavy (non-hydrogen) atoms. The number of hydrogen-bond donors (Lipinski definition) is 2. The zero-order valence-corrected chi connectivity index (χ0v) is 14.8. The van der Waals surface area contributed by atoms with Crippen molar-refractivity contribution in [2.24, 2.45) is 5.92 Å². The zero-order chi connectivity index (χ0) is 16.2.